The van der Waals surface area contributed by atoms with Crippen LogP contribution in [0.4, 0.5) is 5.69 Å². The van der Waals surface area contributed by atoms with Crippen molar-refractivity contribution in [3.63, 3.8) is 0 Å². The molecule has 2 rings (SSSR count). The number of nitrogens with one attached hydrogen (secondary N) is 1. The normalized spacial score (nSPS) is 16.1. The van der Waals surface area contributed by atoms with Crippen molar-refractivity contribution in [2.75, 3.05) is 19.0 Å². The molecule has 0 aliphatic carbocycles. The maximum atomic E-state index is 11.8. The minimum atomic E-state index is -0.337. The molecule has 0 bridgehead atoms. The van der Waals surface area contributed by atoms with Crippen molar-refractivity contribution in [3.8, 4) is 0 Å². The zero-order chi connectivity index (χ0) is 15.6. The molecule has 0 fully saturated rings. The summed E-state index contributed by atoms with van der Waals surface area (Å²) in [4.78, 5) is 29.0. The third-order valence-electron chi connectivity index (χ3n) is 2.65. The van der Waals surface area contributed by atoms with Crippen LogP contribution in [0, 0.1) is 0 Å². The molecule has 0 aromatic heterocycles. The van der Waals surface area contributed by atoms with Gasteiger partial charge >= 0.3 is 0 Å². The van der Waals surface area contributed by atoms with Gasteiger partial charge in [0.15, 0.2) is 5.17 Å². The summed E-state index contributed by atoms with van der Waals surface area (Å²) in [5.41, 5.74) is 1.94. The van der Waals surface area contributed by atoms with E-state index in [2.05, 4.69) is 26.2 Å². The lowest BCUT2D eigenvalue weighted by molar-refractivity contribution is -0.117. The van der Waals surface area contributed by atoms with Gasteiger partial charge in [0, 0.05) is 25.5 Å². The third kappa shape index (κ3) is 3.95. The molecule has 5 nitrogen and oxygen atoms in total. The van der Waals surface area contributed by atoms with E-state index < -0.39 is 0 Å². The van der Waals surface area contributed by atoms with E-state index in [4.69, 9.17) is 0 Å². The number of rotatable bonds is 2. The number of carbonyl (C=O) groups is 2. The molecule has 7 heteroatoms. The lowest BCUT2D eigenvalue weighted by Crippen LogP contribution is -2.23. The maximum Gasteiger partial charge on any atom is 0.286 e. The quantitative estimate of drug-likeness (QED) is 0.816. The smallest absolute Gasteiger partial charge is 0.286 e. The SMILES string of the molecule is CC(=O)NC1=NC(=O)C(=Cc2ccc(N(C)C)c(Br)c2)S1. The number of nitrogens with zero attached hydrogens (tertiary/aromatic N) is 2. The predicted molar refractivity (Wildman–Crippen MR) is 90.3 cm³/mol. The summed E-state index contributed by atoms with van der Waals surface area (Å²) >= 11 is 4.67. The highest BCUT2D eigenvalue weighted by atomic mass is 79.9. The zero-order valence-electron chi connectivity index (χ0n) is 11.8. The molecule has 1 N–H and O–H groups in total. The molecule has 0 saturated carbocycles. The Morgan fingerprint density at radius 1 is 1.43 bits per heavy atom. The Bertz CT molecular complexity index is 668. The number of hydrogen-bond acceptors (Lipinski definition) is 4. The van der Waals surface area contributed by atoms with E-state index in [-0.39, 0.29) is 11.8 Å². The summed E-state index contributed by atoms with van der Waals surface area (Å²) in [6.07, 6.45) is 1.76. The average molecular weight is 368 g/mol. The Hall–Kier alpha value is -1.60. The van der Waals surface area contributed by atoms with Gasteiger partial charge in [-0.15, -0.1) is 0 Å². The van der Waals surface area contributed by atoms with Crippen LogP contribution in [0.3, 0.4) is 0 Å². The van der Waals surface area contributed by atoms with E-state index >= 15 is 0 Å². The first-order valence-electron chi connectivity index (χ1n) is 6.14. The van der Waals surface area contributed by atoms with Gasteiger partial charge in [-0.2, -0.15) is 4.99 Å². The standard InChI is InChI=1S/C14H14BrN3O2S/c1-8(19)16-14-17-13(20)12(21-14)7-9-4-5-11(18(2)3)10(15)6-9/h4-7H,1-3H3,(H,16,17,19,20). The lowest BCUT2D eigenvalue weighted by atomic mass is 10.2. The number of benzene rings is 1. The molecule has 21 heavy (non-hydrogen) atoms. The number of thioether (sulfide) groups is 1. The summed E-state index contributed by atoms with van der Waals surface area (Å²) in [6.45, 7) is 1.38. The van der Waals surface area contributed by atoms with Crippen molar-refractivity contribution >= 4 is 56.4 Å². The van der Waals surface area contributed by atoms with Gasteiger partial charge in [-0.25, -0.2) is 0 Å². The van der Waals surface area contributed by atoms with Crippen molar-refractivity contribution in [2.24, 2.45) is 4.99 Å². The van der Waals surface area contributed by atoms with Crippen molar-refractivity contribution in [2.45, 2.75) is 6.92 Å². The van der Waals surface area contributed by atoms with Gasteiger partial charge in [0.25, 0.3) is 5.91 Å². The van der Waals surface area contributed by atoms with Crippen molar-refractivity contribution in [3.05, 3.63) is 33.1 Å². The second kappa shape index (κ2) is 6.44. The Morgan fingerprint density at radius 2 is 2.14 bits per heavy atom. The van der Waals surface area contributed by atoms with Gasteiger partial charge in [0.1, 0.15) is 0 Å². The molecular formula is C14H14BrN3O2S. The first-order valence-corrected chi connectivity index (χ1v) is 7.75. The number of aliphatic imine (C=N–C) groups is 1. The molecule has 1 aromatic rings. The summed E-state index contributed by atoms with van der Waals surface area (Å²) in [7, 11) is 3.92. The number of anilines is 1. The van der Waals surface area contributed by atoms with Gasteiger partial charge < -0.3 is 10.2 Å². The monoisotopic (exact) mass is 367 g/mol. The first kappa shape index (κ1) is 15.8. The van der Waals surface area contributed by atoms with Crippen LogP contribution >= 0.6 is 27.7 Å². The molecule has 1 heterocycles. The van der Waals surface area contributed by atoms with Crippen molar-refractivity contribution in [1.29, 1.82) is 0 Å². The Labute approximate surface area is 135 Å². The molecule has 0 unspecified atom stereocenters. The zero-order valence-corrected chi connectivity index (χ0v) is 14.2. The molecule has 2 amide bonds. The number of hydrogen-bond donors (Lipinski definition) is 1. The van der Waals surface area contributed by atoms with E-state index in [1.54, 1.807) is 6.08 Å². The molecule has 0 atom stereocenters. The fraction of sp³-hybridized carbons (Fsp3) is 0.214. The number of halogens is 1. The van der Waals surface area contributed by atoms with Crippen molar-refractivity contribution in [1.82, 2.24) is 5.32 Å². The number of amides is 2. The van der Waals surface area contributed by atoms with Gasteiger partial charge in [0.05, 0.1) is 10.6 Å². The average Bonchev–Trinajstić information content (AvgIpc) is 2.68. The molecule has 110 valence electrons. The Morgan fingerprint density at radius 3 is 2.71 bits per heavy atom. The van der Waals surface area contributed by atoms with E-state index in [9.17, 15) is 9.59 Å². The van der Waals surface area contributed by atoms with Crippen LogP contribution in [-0.4, -0.2) is 31.1 Å². The highest BCUT2D eigenvalue weighted by Crippen LogP contribution is 2.30. The van der Waals surface area contributed by atoms with Crippen molar-refractivity contribution < 1.29 is 9.59 Å². The molecule has 1 aromatic carbocycles. The minimum Gasteiger partial charge on any atom is -0.377 e. The molecular weight excluding hydrogens is 354 g/mol. The van der Waals surface area contributed by atoms with Crippen LogP contribution in [0.2, 0.25) is 0 Å². The Balaban J connectivity index is 2.20. The van der Waals surface area contributed by atoms with Crippen LogP contribution in [0.5, 0.6) is 0 Å². The third-order valence-corrected chi connectivity index (χ3v) is 4.19. The van der Waals surface area contributed by atoms with Gasteiger partial charge in [-0.1, -0.05) is 6.07 Å². The highest BCUT2D eigenvalue weighted by molar-refractivity contribution is 9.10. The molecule has 1 aliphatic heterocycles. The fourth-order valence-corrected chi connectivity index (χ4v) is 3.35. The molecule has 1 aliphatic rings. The maximum absolute atomic E-state index is 11.8. The summed E-state index contributed by atoms with van der Waals surface area (Å²) in [5.74, 6) is -0.579. The van der Waals surface area contributed by atoms with Gasteiger partial charge in [-0.05, 0) is 51.5 Å². The van der Waals surface area contributed by atoms with Crippen LogP contribution in [0.25, 0.3) is 6.08 Å². The predicted octanol–water partition coefficient (Wildman–Crippen LogP) is 2.62. The fourth-order valence-electron chi connectivity index (χ4n) is 1.74. The minimum absolute atomic E-state index is 0.242. The van der Waals surface area contributed by atoms with E-state index in [1.807, 2.05) is 37.2 Å². The molecule has 0 saturated heterocycles. The van der Waals surface area contributed by atoms with Gasteiger partial charge in [-0.3, -0.25) is 9.59 Å². The summed E-state index contributed by atoms with van der Waals surface area (Å²) in [6, 6.07) is 5.83. The highest BCUT2D eigenvalue weighted by Gasteiger charge is 2.22. The van der Waals surface area contributed by atoms with Crippen LogP contribution in [0.15, 0.2) is 32.6 Å². The van der Waals surface area contributed by atoms with Crippen LogP contribution in [0.1, 0.15) is 12.5 Å². The summed E-state index contributed by atoms with van der Waals surface area (Å²) in [5, 5.41) is 2.84. The van der Waals surface area contributed by atoms with Crippen LogP contribution in [-0.2, 0) is 9.59 Å². The lowest BCUT2D eigenvalue weighted by Gasteiger charge is -2.14. The van der Waals surface area contributed by atoms with E-state index in [0.29, 0.717) is 10.1 Å². The molecule has 0 radical (unpaired) electrons. The topological polar surface area (TPSA) is 61.8 Å². The van der Waals surface area contributed by atoms with Crippen LogP contribution < -0.4 is 10.2 Å². The second-order valence-electron chi connectivity index (χ2n) is 4.62. The number of carbonyl (C=O) groups excluding carboxylic acids is 2. The summed E-state index contributed by atoms with van der Waals surface area (Å²) < 4.78 is 0.945. The van der Waals surface area contributed by atoms with Gasteiger partial charge in [0.2, 0.25) is 5.91 Å². The molecule has 0 spiro atoms. The largest absolute Gasteiger partial charge is 0.377 e. The first-order chi connectivity index (χ1) is 9.86. The second-order valence-corrected chi connectivity index (χ2v) is 6.50. The van der Waals surface area contributed by atoms with E-state index in [1.165, 1.54) is 6.92 Å². The Kier molecular flexibility index (Phi) is 4.84. The van der Waals surface area contributed by atoms with E-state index in [0.717, 1.165) is 27.5 Å². The number of amidine groups is 1.